The van der Waals surface area contributed by atoms with Crippen LogP contribution in [0.15, 0.2) is 245 Å². The van der Waals surface area contributed by atoms with Gasteiger partial charge < -0.3 is 13.7 Å². The third-order valence-corrected chi connectivity index (χ3v) is 13.4. The lowest BCUT2D eigenvalue weighted by molar-refractivity contribution is 0.668. The van der Waals surface area contributed by atoms with Gasteiger partial charge in [0.05, 0.1) is 16.8 Å². The largest absolute Gasteiger partial charge is 0.456 e. The Morgan fingerprint density at radius 3 is 1.30 bits per heavy atom. The summed E-state index contributed by atoms with van der Waals surface area (Å²) in [4.78, 5) is 2.48. The molecule has 0 radical (unpaired) electrons. The fourth-order valence-electron chi connectivity index (χ4n) is 10.6. The molecule has 0 bridgehead atoms. The molecule has 0 fully saturated rings. The molecule has 2 aromatic heterocycles. The van der Waals surface area contributed by atoms with Crippen LogP contribution in [0.4, 0.5) is 17.1 Å². The Morgan fingerprint density at radius 1 is 0.297 bits per heavy atom. The third kappa shape index (κ3) is 5.41. The molecular formula is C61H39NO2. The first-order valence-corrected chi connectivity index (χ1v) is 21.9. The van der Waals surface area contributed by atoms with Crippen molar-refractivity contribution in [3.63, 3.8) is 0 Å². The van der Waals surface area contributed by atoms with E-state index in [1.807, 2.05) is 24.3 Å². The number of rotatable bonds is 7. The highest BCUT2D eigenvalue weighted by Gasteiger charge is 2.46. The van der Waals surface area contributed by atoms with E-state index in [0.717, 1.165) is 83.2 Å². The lowest BCUT2D eigenvalue weighted by Crippen LogP contribution is -2.28. The first kappa shape index (κ1) is 36.3. The zero-order valence-electron chi connectivity index (χ0n) is 34.8. The third-order valence-electron chi connectivity index (χ3n) is 13.4. The van der Waals surface area contributed by atoms with Crippen molar-refractivity contribution in [2.75, 3.05) is 4.90 Å². The van der Waals surface area contributed by atoms with Gasteiger partial charge in [0.15, 0.2) is 0 Å². The Balaban J connectivity index is 1.09. The Bertz CT molecular complexity index is 3550. The second-order valence-corrected chi connectivity index (χ2v) is 16.7. The minimum atomic E-state index is -0.560. The van der Waals surface area contributed by atoms with E-state index in [4.69, 9.17) is 8.83 Å². The predicted octanol–water partition coefficient (Wildman–Crippen LogP) is 16.7. The summed E-state index contributed by atoms with van der Waals surface area (Å²) in [5.41, 5.74) is 18.1. The molecule has 300 valence electrons. The predicted molar refractivity (Wildman–Crippen MR) is 264 cm³/mol. The Labute approximate surface area is 370 Å². The molecule has 2 heterocycles. The molecule has 13 rings (SSSR count). The standard InChI is InChI=1S/C61H39NO2/c1-3-17-42(18-4-1)61(43-19-5-2-6-20-43)53-26-12-7-23-47(53)48-34-33-44(39-54(48)61)62(55-27-13-8-21-45(55)40-31-35-59-51(37-40)49-24-10-15-29-57(49)63-59)56-28-14-9-22-46(56)41-32-36-60-52(38-41)50-25-11-16-30-58(50)64-60/h1-39H. The van der Waals surface area contributed by atoms with Gasteiger partial charge in [0.25, 0.3) is 0 Å². The molecule has 10 aromatic carbocycles. The molecular weight excluding hydrogens is 779 g/mol. The average Bonchev–Trinajstić information content (AvgIpc) is 4.03. The summed E-state index contributed by atoms with van der Waals surface area (Å²) in [6.45, 7) is 0. The van der Waals surface area contributed by atoms with Gasteiger partial charge in [-0.2, -0.15) is 0 Å². The Morgan fingerprint density at radius 2 is 0.734 bits per heavy atom. The van der Waals surface area contributed by atoms with E-state index in [1.165, 1.54) is 33.4 Å². The first-order valence-electron chi connectivity index (χ1n) is 21.9. The molecule has 0 unspecified atom stereocenters. The molecule has 0 atom stereocenters. The summed E-state index contributed by atoms with van der Waals surface area (Å²) in [6.07, 6.45) is 0. The first-order chi connectivity index (χ1) is 31.7. The van der Waals surface area contributed by atoms with Crippen LogP contribution in [0.1, 0.15) is 22.3 Å². The molecule has 1 aliphatic carbocycles. The number of furan rings is 2. The van der Waals surface area contributed by atoms with Gasteiger partial charge in [-0.25, -0.2) is 0 Å². The van der Waals surface area contributed by atoms with E-state index >= 15 is 0 Å². The zero-order chi connectivity index (χ0) is 42.2. The zero-order valence-corrected chi connectivity index (χ0v) is 34.8. The summed E-state index contributed by atoms with van der Waals surface area (Å²) in [6, 6.07) is 85.6. The average molecular weight is 818 g/mol. The second-order valence-electron chi connectivity index (χ2n) is 16.7. The summed E-state index contributed by atoms with van der Waals surface area (Å²) in [5, 5.41) is 4.41. The SMILES string of the molecule is c1ccc(C2(c3ccccc3)c3ccccc3-c3ccc(N(c4ccccc4-c4ccc5oc6ccccc6c5c4)c4ccccc4-c4ccc5oc6ccccc6c5c4)cc32)cc1. The van der Waals surface area contributed by atoms with Crippen molar-refractivity contribution in [1.82, 2.24) is 0 Å². The van der Waals surface area contributed by atoms with E-state index in [1.54, 1.807) is 0 Å². The van der Waals surface area contributed by atoms with Crippen LogP contribution < -0.4 is 4.90 Å². The van der Waals surface area contributed by atoms with Gasteiger partial charge in [0.1, 0.15) is 22.3 Å². The summed E-state index contributed by atoms with van der Waals surface area (Å²) in [7, 11) is 0. The fourth-order valence-corrected chi connectivity index (χ4v) is 10.6. The van der Waals surface area contributed by atoms with E-state index < -0.39 is 5.41 Å². The Hall–Kier alpha value is -8.40. The fraction of sp³-hybridized carbons (Fsp3) is 0.0164. The minimum absolute atomic E-state index is 0.560. The quantitative estimate of drug-likeness (QED) is 0.160. The van der Waals surface area contributed by atoms with Crippen molar-refractivity contribution in [2.24, 2.45) is 0 Å². The number of nitrogens with zero attached hydrogens (tertiary/aromatic N) is 1. The van der Waals surface area contributed by atoms with Gasteiger partial charge in [-0.15, -0.1) is 0 Å². The van der Waals surface area contributed by atoms with Gasteiger partial charge in [0.2, 0.25) is 0 Å². The molecule has 64 heavy (non-hydrogen) atoms. The number of hydrogen-bond donors (Lipinski definition) is 0. The smallest absolute Gasteiger partial charge is 0.135 e. The molecule has 1 aliphatic rings. The molecule has 3 heteroatoms. The molecule has 0 saturated carbocycles. The van der Waals surface area contributed by atoms with E-state index in [-0.39, 0.29) is 0 Å². The number of hydrogen-bond acceptors (Lipinski definition) is 3. The summed E-state index contributed by atoms with van der Waals surface area (Å²) >= 11 is 0. The van der Waals surface area contributed by atoms with E-state index in [2.05, 4.69) is 217 Å². The topological polar surface area (TPSA) is 29.5 Å². The Kier molecular flexibility index (Phi) is 8.13. The molecule has 0 spiro atoms. The van der Waals surface area contributed by atoms with Gasteiger partial charge >= 0.3 is 0 Å². The number of anilines is 3. The molecule has 0 saturated heterocycles. The van der Waals surface area contributed by atoms with Crippen LogP contribution in [0.25, 0.3) is 77.3 Å². The highest BCUT2D eigenvalue weighted by molar-refractivity contribution is 6.08. The highest BCUT2D eigenvalue weighted by atomic mass is 16.3. The van der Waals surface area contributed by atoms with Crippen molar-refractivity contribution in [3.05, 3.63) is 259 Å². The molecule has 3 nitrogen and oxygen atoms in total. The maximum absolute atomic E-state index is 6.32. The van der Waals surface area contributed by atoms with Crippen molar-refractivity contribution in [2.45, 2.75) is 5.41 Å². The van der Waals surface area contributed by atoms with Crippen LogP contribution in [-0.2, 0) is 5.41 Å². The highest BCUT2D eigenvalue weighted by Crippen LogP contribution is 2.58. The van der Waals surface area contributed by atoms with Gasteiger partial charge in [-0.05, 0) is 105 Å². The summed E-state index contributed by atoms with van der Waals surface area (Å²) in [5.74, 6) is 0. The van der Waals surface area contributed by atoms with Crippen LogP contribution in [0.3, 0.4) is 0 Å². The second kappa shape index (κ2) is 14.3. The number of fused-ring (bicyclic) bond motifs is 9. The van der Waals surface area contributed by atoms with Gasteiger partial charge in [-0.1, -0.05) is 176 Å². The maximum Gasteiger partial charge on any atom is 0.135 e. The van der Waals surface area contributed by atoms with Crippen LogP contribution >= 0.6 is 0 Å². The normalized spacial score (nSPS) is 12.8. The lowest BCUT2D eigenvalue weighted by atomic mass is 9.67. The van der Waals surface area contributed by atoms with Gasteiger partial charge in [-0.3, -0.25) is 0 Å². The van der Waals surface area contributed by atoms with E-state index in [9.17, 15) is 0 Å². The molecule has 0 N–H and O–H groups in total. The van der Waals surface area contributed by atoms with Crippen molar-refractivity contribution >= 4 is 60.9 Å². The molecule has 0 aliphatic heterocycles. The molecule has 0 amide bonds. The van der Waals surface area contributed by atoms with Crippen molar-refractivity contribution < 1.29 is 8.83 Å². The van der Waals surface area contributed by atoms with Crippen molar-refractivity contribution in [1.29, 1.82) is 0 Å². The monoisotopic (exact) mass is 817 g/mol. The van der Waals surface area contributed by atoms with Crippen LogP contribution in [0.2, 0.25) is 0 Å². The van der Waals surface area contributed by atoms with Crippen molar-refractivity contribution in [3.8, 4) is 33.4 Å². The number of benzene rings is 10. The van der Waals surface area contributed by atoms with E-state index in [0.29, 0.717) is 0 Å². The maximum atomic E-state index is 6.32. The van der Waals surface area contributed by atoms with Crippen LogP contribution in [-0.4, -0.2) is 0 Å². The minimum Gasteiger partial charge on any atom is -0.456 e. The number of para-hydroxylation sites is 4. The lowest BCUT2D eigenvalue weighted by Gasteiger charge is -2.35. The van der Waals surface area contributed by atoms with Gasteiger partial charge in [0, 0.05) is 38.4 Å². The van der Waals surface area contributed by atoms with Crippen LogP contribution in [0.5, 0.6) is 0 Å². The van der Waals surface area contributed by atoms with Crippen LogP contribution in [0, 0.1) is 0 Å². The molecule has 12 aromatic rings. The summed E-state index contributed by atoms with van der Waals surface area (Å²) < 4.78 is 12.6.